The summed E-state index contributed by atoms with van der Waals surface area (Å²) >= 11 is 0. The molecule has 1 saturated heterocycles. The van der Waals surface area contributed by atoms with Crippen molar-refractivity contribution in [3.05, 3.63) is 24.0 Å². The third-order valence-corrected chi connectivity index (χ3v) is 4.76. The summed E-state index contributed by atoms with van der Waals surface area (Å²) in [6.07, 6.45) is 1.53. The van der Waals surface area contributed by atoms with Gasteiger partial charge in [0.15, 0.2) is 17.3 Å². The fraction of sp³-hybridized carbons (Fsp3) is 0.471. The lowest BCUT2D eigenvalue weighted by molar-refractivity contribution is 0.144. The van der Waals surface area contributed by atoms with Crippen molar-refractivity contribution in [2.75, 3.05) is 57.1 Å². The smallest absolute Gasteiger partial charge is 0.201 e. The Morgan fingerprint density at radius 1 is 1.23 bits per heavy atom. The zero-order valence-corrected chi connectivity index (χ0v) is 15.1. The van der Waals surface area contributed by atoms with Crippen LogP contribution in [0, 0.1) is 6.92 Å². The van der Waals surface area contributed by atoms with E-state index in [9.17, 15) is 0 Å². The van der Waals surface area contributed by atoms with Gasteiger partial charge in [0.05, 0.1) is 6.61 Å². The standard InChI is InChI=1S/C17H23N7O2/c1-12-15-19-11-20-24(15)17(13-3-4-14(18)26-13)21-16(12)23-7-5-22(6-8-23)9-10-25-2/h3-4,11H,5-10,18H2,1-2H3. The predicted octanol–water partition coefficient (Wildman–Crippen LogP) is 1.04. The third-order valence-electron chi connectivity index (χ3n) is 4.76. The Kier molecular flexibility index (Phi) is 4.48. The first kappa shape index (κ1) is 16.8. The first-order chi connectivity index (χ1) is 12.7. The molecule has 9 nitrogen and oxygen atoms in total. The molecule has 0 amide bonds. The van der Waals surface area contributed by atoms with Gasteiger partial charge in [0, 0.05) is 51.5 Å². The van der Waals surface area contributed by atoms with Gasteiger partial charge in [-0.15, -0.1) is 0 Å². The molecule has 0 atom stereocenters. The van der Waals surface area contributed by atoms with Crippen LogP contribution in [0.2, 0.25) is 0 Å². The van der Waals surface area contributed by atoms with Crippen LogP contribution < -0.4 is 10.6 Å². The van der Waals surface area contributed by atoms with E-state index in [0.717, 1.165) is 56.4 Å². The summed E-state index contributed by atoms with van der Waals surface area (Å²) in [4.78, 5) is 14.0. The number of furan rings is 1. The average molecular weight is 357 g/mol. The van der Waals surface area contributed by atoms with Crippen LogP contribution in [0.15, 0.2) is 22.9 Å². The van der Waals surface area contributed by atoms with Gasteiger partial charge in [-0.05, 0) is 13.0 Å². The Hall–Kier alpha value is -2.65. The van der Waals surface area contributed by atoms with Gasteiger partial charge in [0.2, 0.25) is 5.82 Å². The topological polar surface area (TPSA) is 98.0 Å². The van der Waals surface area contributed by atoms with Crippen molar-refractivity contribution in [3.8, 4) is 11.6 Å². The Labute approximate surface area is 151 Å². The lowest BCUT2D eigenvalue weighted by atomic mass is 10.2. The number of ether oxygens (including phenoxy) is 1. The molecular weight excluding hydrogens is 334 g/mol. The van der Waals surface area contributed by atoms with E-state index in [2.05, 4.69) is 19.9 Å². The minimum atomic E-state index is 0.351. The largest absolute Gasteiger partial charge is 0.438 e. The maximum absolute atomic E-state index is 5.74. The van der Waals surface area contributed by atoms with Gasteiger partial charge in [0.25, 0.3) is 0 Å². The van der Waals surface area contributed by atoms with Crippen LogP contribution in [0.4, 0.5) is 11.7 Å². The second-order valence-electron chi connectivity index (χ2n) is 6.40. The van der Waals surface area contributed by atoms with Crippen LogP contribution >= 0.6 is 0 Å². The highest BCUT2D eigenvalue weighted by Gasteiger charge is 2.23. The van der Waals surface area contributed by atoms with E-state index in [4.69, 9.17) is 19.9 Å². The van der Waals surface area contributed by atoms with Crippen molar-refractivity contribution >= 4 is 17.3 Å². The molecule has 0 radical (unpaired) electrons. The number of nitrogen functional groups attached to an aromatic ring is 1. The molecule has 2 N–H and O–H groups in total. The summed E-state index contributed by atoms with van der Waals surface area (Å²) in [5.41, 5.74) is 7.53. The first-order valence-electron chi connectivity index (χ1n) is 8.69. The minimum Gasteiger partial charge on any atom is -0.438 e. The summed E-state index contributed by atoms with van der Waals surface area (Å²) in [5.74, 6) is 2.46. The van der Waals surface area contributed by atoms with Crippen molar-refractivity contribution in [2.24, 2.45) is 0 Å². The zero-order chi connectivity index (χ0) is 18.1. The van der Waals surface area contributed by atoms with E-state index in [1.807, 2.05) is 6.92 Å². The van der Waals surface area contributed by atoms with Crippen LogP contribution in [-0.4, -0.2) is 70.9 Å². The van der Waals surface area contributed by atoms with Crippen molar-refractivity contribution in [3.63, 3.8) is 0 Å². The van der Waals surface area contributed by atoms with Gasteiger partial charge >= 0.3 is 0 Å². The molecule has 4 heterocycles. The number of fused-ring (bicyclic) bond motifs is 1. The number of piperazine rings is 1. The van der Waals surface area contributed by atoms with E-state index in [0.29, 0.717) is 17.5 Å². The number of nitrogens with two attached hydrogens (primary N) is 1. The van der Waals surface area contributed by atoms with Crippen molar-refractivity contribution in [1.29, 1.82) is 0 Å². The molecule has 0 bridgehead atoms. The quantitative estimate of drug-likeness (QED) is 0.723. The van der Waals surface area contributed by atoms with E-state index in [1.54, 1.807) is 23.8 Å². The van der Waals surface area contributed by atoms with Gasteiger partial charge in [-0.3, -0.25) is 4.90 Å². The summed E-state index contributed by atoms with van der Waals surface area (Å²) in [5, 5.41) is 4.30. The van der Waals surface area contributed by atoms with E-state index < -0.39 is 0 Å². The monoisotopic (exact) mass is 357 g/mol. The average Bonchev–Trinajstić information content (AvgIpc) is 3.31. The maximum Gasteiger partial charge on any atom is 0.201 e. The van der Waals surface area contributed by atoms with E-state index in [-0.39, 0.29) is 0 Å². The number of anilines is 2. The summed E-state index contributed by atoms with van der Waals surface area (Å²) in [7, 11) is 1.74. The highest BCUT2D eigenvalue weighted by molar-refractivity contribution is 5.66. The number of aryl methyl sites for hydroxylation is 1. The molecule has 9 heteroatoms. The van der Waals surface area contributed by atoms with E-state index >= 15 is 0 Å². The molecular formula is C17H23N7O2. The molecule has 26 heavy (non-hydrogen) atoms. The van der Waals surface area contributed by atoms with Gasteiger partial charge in [-0.25, -0.2) is 9.97 Å². The SMILES string of the molecule is COCCN1CCN(c2nc(-c3ccc(N)o3)n3ncnc3c2C)CC1. The minimum absolute atomic E-state index is 0.351. The Morgan fingerprint density at radius 3 is 2.73 bits per heavy atom. The van der Waals surface area contributed by atoms with Crippen LogP contribution in [-0.2, 0) is 4.74 Å². The zero-order valence-electron chi connectivity index (χ0n) is 15.1. The first-order valence-corrected chi connectivity index (χ1v) is 8.69. The van der Waals surface area contributed by atoms with Crippen molar-refractivity contribution in [1.82, 2.24) is 24.5 Å². The van der Waals surface area contributed by atoms with Crippen molar-refractivity contribution in [2.45, 2.75) is 6.92 Å². The molecule has 4 rings (SSSR count). The summed E-state index contributed by atoms with van der Waals surface area (Å²) < 4.78 is 12.5. The van der Waals surface area contributed by atoms with Crippen LogP contribution in [0.3, 0.4) is 0 Å². The van der Waals surface area contributed by atoms with Gasteiger partial charge < -0.3 is 19.8 Å². The number of methoxy groups -OCH3 is 1. The summed E-state index contributed by atoms with van der Waals surface area (Å²) in [6.45, 7) is 7.51. The Balaban J connectivity index is 1.67. The highest BCUT2D eigenvalue weighted by atomic mass is 16.5. The number of hydrogen-bond donors (Lipinski definition) is 1. The fourth-order valence-corrected chi connectivity index (χ4v) is 3.33. The number of rotatable bonds is 5. The number of nitrogens with zero attached hydrogens (tertiary/aromatic N) is 6. The van der Waals surface area contributed by atoms with Crippen LogP contribution in [0.1, 0.15) is 5.56 Å². The molecule has 138 valence electrons. The molecule has 0 saturated carbocycles. The van der Waals surface area contributed by atoms with Gasteiger partial charge in [0.1, 0.15) is 12.1 Å². The number of aromatic nitrogens is 4. The molecule has 0 spiro atoms. The molecule has 3 aromatic heterocycles. The Bertz CT molecular complexity index is 896. The normalized spacial score (nSPS) is 15.8. The number of hydrogen-bond acceptors (Lipinski definition) is 8. The van der Waals surface area contributed by atoms with E-state index in [1.165, 1.54) is 6.33 Å². The molecule has 1 aliphatic rings. The second kappa shape index (κ2) is 6.93. The maximum atomic E-state index is 5.74. The molecule has 1 fully saturated rings. The van der Waals surface area contributed by atoms with Gasteiger partial charge in [-0.2, -0.15) is 9.61 Å². The lowest BCUT2D eigenvalue weighted by Gasteiger charge is -2.36. The molecule has 0 aromatic carbocycles. The predicted molar refractivity (Wildman–Crippen MR) is 98.2 cm³/mol. The molecule has 1 aliphatic heterocycles. The molecule has 0 unspecified atom stereocenters. The molecule has 0 aliphatic carbocycles. The van der Waals surface area contributed by atoms with Crippen LogP contribution in [0.5, 0.6) is 0 Å². The Morgan fingerprint density at radius 2 is 2.04 bits per heavy atom. The fourth-order valence-electron chi connectivity index (χ4n) is 3.33. The van der Waals surface area contributed by atoms with Crippen LogP contribution in [0.25, 0.3) is 17.2 Å². The second-order valence-corrected chi connectivity index (χ2v) is 6.40. The molecule has 3 aromatic rings. The van der Waals surface area contributed by atoms with Crippen molar-refractivity contribution < 1.29 is 9.15 Å². The lowest BCUT2D eigenvalue weighted by Crippen LogP contribution is -2.47. The highest BCUT2D eigenvalue weighted by Crippen LogP contribution is 2.28. The van der Waals surface area contributed by atoms with Gasteiger partial charge in [-0.1, -0.05) is 0 Å². The third kappa shape index (κ3) is 2.99. The summed E-state index contributed by atoms with van der Waals surface area (Å²) in [6, 6.07) is 3.52.